The van der Waals surface area contributed by atoms with Gasteiger partial charge in [-0.15, -0.1) is 11.3 Å². The zero-order chi connectivity index (χ0) is 22.3. The third-order valence-corrected chi connectivity index (χ3v) is 6.34. The largest absolute Gasteiger partial charge is 0.369 e. The Morgan fingerprint density at radius 2 is 1.97 bits per heavy atom. The van der Waals surface area contributed by atoms with Crippen LogP contribution in [0.15, 0.2) is 47.3 Å². The Hall–Kier alpha value is -3.10. The number of hydrogen-bond donors (Lipinski definition) is 2. The first-order valence-electron chi connectivity index (χ1n) is 9.40. The zero-order valence-electron chi connectivity index (χ0n) is 16.7. The molecule has 1 amide bonds. The summed E-state index contributed by atoms with van der Waals surface area (Å²) in [7, 11) is 0. The highest BCUT2D eigenvalue weighted by atomic mass is 35.5. The van der Waals surface area contributed by atoms with E-state index in [4.69, 9.17) is 17.3 Å². The highest BCUT2D eigenvalue weighted by molar-refractivity contribution is 7.21. The van der Waals surface area contributed by atoms with Gasteiger partial charge in [0.15, 0.2) is 0 Å². The molecule has 4 aromatic rings. The molecule has 0 atom stereocenters. The van der Waals surface area contributed by atoms with E-state index in [0.717, 1.165) is 10.2 Å². The number of aromatic nitrogens is 3. The van der Waals surface area contributed by atoms with Crippen molar-refractivity contribution < 1.29 is 9.18 Å². The molecule has 31 heavy (non-hydrogen) atoms. The van der Waals surface area contributed by atoms with Gasteiger partial charge >= 0.3 is 0 Å². The molecule has 158 valence electrons. The van der Waals surface area contributed by atoms with Crippen LogP contribution in [-0.4, -0.2) is 20.9 Å². The fourth-order valence-electron chi connectivity index (χ4n) is 3.18. The number of fused-ring (bicyclic) bond motifs is 1. The van der Waals surface area contributed by atoms with Crippen LogP contribution in [0.5, 0.6) is 0 Å². The van der Waals surface area contributed by atoms with Crippen molar-refractivity contribution in [2.75, 3.05) is 0 Å². The first kappa shape index (κ1) is 21.1. The van der Waals surface area contributed by atoms with E-state index < -0.39 is 22.7 Å². The molecule has 2 aromatic carbocycles. The summed E-state index contributed by atoms with van der Waals surface area (Å²) in [5.74, 6) is -1.22. The van der Waals surface area contributed by atoms with Crippen molar-refractivity contribution in [2.45, 2.75) is 20.3 Å². The molecule has 0 aliphatic heterocycles. The summed E-state index contributed by atoms with van der Waals surface area (Å²) in [6.07, 6.45) is 0.0696. The van der Waals surface area contributed by atoms with Crippen molar-refractivity contribution >= 4 is 39.1 Å². The normalized spacial score (nSPS) is 11.7. The van der Waals surface area contributed by atoms with Gasteiger partial charge < -0.3 is 10.7 Å². The monoisotopic (exact) mass is 456 g/mol. The van der Waals surface area contributed by atoms with E-state index in [9.17, 15) is 9.59 Å². The Labute approximate surface area is 185 Å². The van der Waals surface area contributed by atoms with Crippen LogP contribution in [0, 0.1) is 11.2 Å². The van der Waals surface area contributed by atoms with E-state index in [1.165, 1.54) is 29.5 Å². The van der Waals surface area contributed by atoms with Gasteiger partial charge in [0.1, 0.15) is 22.3 Å². The van der Waals surface area contributed by atoms with Crippen LogP contribution in [0.4, 0.5) is 4.39 Å². The number of nitrogens with two attached hydrogens (primary N) is 1. The maximum atomic E-state index is 15.4. The molecule has 0 aliphatic rings. The van der Waals surface area contributed by atoms with Crippen LogP contribution in [-0.2, 0) is 11.2 Å². The quantitative estimate of drug-likeness (QED) is 0.459. The number of nitrogens with zero attached hydrogens (tertiary/aromatic N) is 2. The second-order valence-electron chi connectivity index (χ2n) is 7.79. The van der Waals surface area contributed by atoms with Crippen molar-refractivity contribution in [3.63, 3.8) is 0 Å². The van der Waals surface area contributed by atoms with Crippen LogP contribution in [0.1, 0.15) is 19.4 Å². The number of amides is 1. The topological polar surface area (TPSA) is 102 Å². The molecular weight excluding hydrogens is 439 g/mol. The van der Waals surface area contributed by atoms with E-state index in [1.807, 2.05) is 24.3 Å². The first-order chi connectivity index (χ1) is 14.7. The van der Waals surface area contributed by atoms with E-state index in [1.54, 1.807) is 13.8 Å². The number of carbonyl (C=O) groups is 1. The minimum absolute atomic E-state index is 0.0111. The summed E-state index contributed by atoms with van der Waals surface area (Å²) < 4.78 is 16.4. The Morgan fingerprint density at radius 3 is 2.68 bits per heavy atom. The number of para-hydroxylation sites is 1. The Bertz CT molecular complexity index is 1350. The molecule has 0 saturated heterocycles. The average molecular weight is 457 g/mol. The van der Waals surface area contributed by atoms with Gasteiger partial charge in [-0.25, -0.2) is 14.4 Å². The maximum absolute atomic E-state index is 15.4. The van der Waals surface area contributed by atoms with Crippen molar-refractivity contribution in [3.05, 3.63) is 69.2 Å². The van der Waals surface area contributed by atoms with Crippen LogP contribution in [0.2, 0.25) is 5.02 Å². The van der Waals surface area contributed by atoms with Gasteiger partial charge in [-0.2, -0.15) is 0 Å². The Morgan fingerprint density at radius 1 is 1.23 bits per heavy atom. The lowest BCUT2D eigenvalue weighted by atomic mass is 9.84. The van der Waals surface area contributed by atoms with Gasteiger partial charge in [-0.1, -0.05) is 43.6 Å². The summed E-state index contributed by atoms with van der Waals surface area (Å²) in [6, 6.07) is 11.9. The second kappa shape index (κ2) is 7.86. The van der Waals surface area contributed by atoms with Gasteiger partial charge in [0.25, 0.3) is 5.56 Å². The summed E-state index contributed by atoms with van der Waals surface area (Å²) >= 11 is 7.66. The lowest BCUT2D eigenvalue weighted by Crippen LogP contribution is -2.33. The molecule has 0 spiro atoms. The molecule has 0 saturated carbocycles. The SMILES string of the molecule is CC(C)(Cc1ccc(Cl)c(-c2nc(-c3nc4ccccc4s3)cc(=O)[nH]2)c1F)C(N)=O. The zero-order valence-corrected chi connectivity index (χ0v) is 18.3. The molecule has 2 aromatic heterocycles. The van der Waals surface area contributed by atoms with Gasteiger partial charge in [-0.05, 0) is 30.2 Å². The number of benzene rings is 2. The number of nitrogens with one attached hydrogen (secondary N) is 1. The van der Waals surface area contributed by atoms with Crippen molar-refractivity contribution in [3.8, 4) is 22.1 Å². The minimum atomic E-state index is -0.963. The molecule has 0 bridgehead atoms. The molecule has 9 heteroatoms. The second-order valence-corrected chi connectivity index (χ2v) is 9.22. The van der Waals surface area contributed by atoms with E-state index in [0.29, 0.717) is 10.7 Å². The lowest BCUT2D eigenvalue weighted by Gasteiger charge is -2.21. The number of primary amides is 1. The van der Waals surface area contributed by atoms with Crippen molar-refractivity contribution in [1.82, 2.24) is 15.0 Å². The number of rotatable bonds is 5. The highest BCUT2D eigenvalue weighted by Gasteiger charge is 2.28. The number of H-pyrrole nitrogens is 1. The third-order valence-electron chi connectivity index (χ3n) is 4.96. The van der Waals surface area contributed by atoms with Gasteiger partial charge in [-0.3, -0.25) is 9.59 Å². The van der Waals surface area contributed by atoms with Crippen molar-refractivity contribution in [1.29, 1.82) is 0 Å². The molecule has 6 nitrogen and oxygen atoms in total. The molecular formula is C22H18ClFN4O2S. The Kier molecular flexibility index (Phi) is 5.36. The number of aromatic amines is 1. The summed E-state index contributed by atoms with van der Waals surface area (Å²) in [4.78, 5) is 35.6. The highest BCUT2D eigenvalue weighted by Crippen LogP contribution is 2.34. The number of carbonyl (C=O) groups excluding carboxylic acids is 1. The fourth-order valence-corrected chi connectivity index (χ4v) is 4.34. The van der Waals surface area contributed by atoms with Gasteiger partial charge in [0.2, 0.25) is 5.91 Å². The number of thiazole rings is 1. The predicted molar refractivity (Wildman–Crippen MR) is 121 cm³/mol. The third kappa shape index (κ3) is 4.08. The van der Waals surface area contributed by atoms with Crippen LogP contribution in [0.3, 0.4) is 0 Å². The molecule has 3 N–H and O–H groups in total. The smallest absolute Gasteiger partial charge is 0.251 e. The molecule has 0 aliphatic carbocycles. The van der Waals surface area contributed by atoms with Gasteiger partial charge in [0.05, 0.1) is 20.8 Å². The summed E-state index contributed by atoms with van der Waals surface area (Å²) in [6.45, 7) is 3.27. The molecule has 0 unspecified atom stereocenters. The predicted octanol–water partition coefficient (Wildman–Crippen LogP) is 4.56. The fraction of sp³-hybridized carbons (Fsp3) is 0.182. The van der Waals surface area contributed by atoms with Gasteiger partial charge in [0, 0.05) is 11.5 Å². The molecule has 0 radical (unpaired) electrons. The molecule has 2 heterocycles. The van der Waals surface area contributed by atoms with E-state index in [-0.39, 0.29) is 28.4 Å². The molecule has 0 fully saturated rings. The average Bonchev–Trinajstić information content (AvgIpc) is 3.14. The van der Waals surface area contributed by atoms with E-state index >= 15 is 4.39 Å². The number of halogens is 2. The molecule has 4 rings (SSSR count). The summed E-state index contributed by atoms with van der Waals surface area (Å²) in [5, 5.41) is 0.624. The van der Waals surface area contributed by atoms with Crippen LogP contribution >= 0.6 is 22.9 Å². The minimum Gasteiger partial charge on any atom is -0.369 e. The maximum Gasteiger partial charge on any atom is 0.251 e. The summed E-state index contributed by atoms with van der Waals surface area (Å²) in [5.41, 5.74) is 5.31. The first-order valence-corrected chi connectivity index (χ1v) is 10.6. The Balaban J connectivity index is 1.84. The van der Waals surface area contributed by atoms with Crippen molar-refractivity contribution in [2.24, 2.45) is 11.1 Å². The standard InChI is InChI=1S/C22H18ClFN4O2S/c1-22(2,21(25)30)10-11-7-8-12(23)17(18(11)24)19-26-14(9-16(29)28-19)20-27-13-5-3-4-6-15(13)31-20/h3-9H,10H2,1-2H3,(H2,25,30)(H,26,28,29). The van der Waals surface area contributed by atoms with Crippen LogP contribution < -0.4 is 11.3 Å². The van der Waals surface area contributed by atoms with E-state index in [2.05, 4.69) is 15.0 Å². The lowest BCUT2D eigenvalue weighted by molar-refractivity contribution is -0.125. The number of hydrogen-bond acceptors (Lipinski definition) is 5. The van der Waals surface area contributed by atoms with Crippen LogP contribution in [0.25, 0.3) is 32.3 Å².